The van der Waals surface area contributed by atoms with Crippen molar-refractivity contribution in [1.29, 1.82) is 0 Å². The SMILES string of the molecule is O=C(O)CC1CCCN(C2CCOCC2)C1. The maximum Gasteiger partial charge on any atom is 0.303 e. The van der Waals surface area contributed by atoms with Gasteiger partial charge in [0, 0.05) is 32.2 Å². The standard InChI is InChI=1S/C12H21NO3/c14-12(15)8-10-2-1-5-13(9-10)11-3-6-16-7-4-11/h10-11H,1-9H2,(H,14,15). The molecule has 0 amide bonds. The Kier molecular flexibility index (Phi) is 4.18. The highest BCUT2D eigenvalue weighted by atomic mass is 16.5. The molecule has 0 radical (unpaired) electrons. The first-order chi connectivity index (χ1) is 7.75. The number of nitrogens with zero attached hydrogens (tertiary/aromatic N) is 1. The van der Waals surface area contributed by atoms with Crippen LogP contribution in [0.4, 0.5) is 0 Å². The third-order valence-corrected chi connectivity index (χ3v) is 3.72. The summed E-state index contributed by atoms with van der Waals surface area (Å²) < 4.78 is 5.36. The Morgan fingerprint density at radius 3 is 2.75 bits per heavy atom. The van der Waals surface area contributed by atoms with E-state index in [0.29, 0.717) is 18.4 Å². The van der Waals surface area contributed by atoms with Crippen molar-refractivity contribution in [3.63, 3.8) is 0 Å². The van der Waals surface area contributed by atoms with Gasteiger partial charge in [0.15, 0.2) is 0 Å². The second kappa shape index (κ2) is 5.64. The molecule has 1 unspecified atom stereocenters. The maximum absolute atomic E-state index is 10.7. The number of ether oxygens (including phenoxy) is 1. The summed E-state index contributed by atoms with van der Waals surface area (Å²) in [5.74, 6) is -0.298. The highest BCUT2D eigenvalue weighted by Crippen LogP contribution is 2.24. The van der Waals surface area contributed by atoms with E-state index < -0.39 is 5.97 Å². The van der Waals surface area contributed by atoms with Crippen LogP contribution in [0.5, 0.6) is 0 Å². The van der Waals surface area contributed by atoms with E-state index in [4.69, 9.17) is 9.84 Å². The van der Waals surface area contributed by atoms with Gasteiger partial charge in [-0.15, -0.1) is 0 Å². The average Bonchev–Trinajstić information content (AvgIpc) is 2.30. The minimum atomic E-state index is -0.654. The molecule has 2 aliphatic rings. The van der Waals surface area contributed by atoms with Gasteiger partial charge < -0.3 is 9.84 Å². The highest BCUT2D eigenvalue weighted by Gasteiger charge is 2.27. The third-order valence-electron chi connectivity index (χ3n) is 3.72. The monoisotopic (exact) mass is 227 g/mol. The second-order valence-electron chi connectivity index (χ2n) is 4.94. The maximum atomic E-state index is 10.7. The summed E-state index contributed by atoms with van der Waals surface area (Å²) in [5.41, 5.74) is 0. The van der Waals surface area contributed by atoms with Gasteiger partial charge in [-0.1, -0.05) is 0 Å². The van der Waals surface area contributed by atoms with E-state index in [1.165, 1.54) is 0 Å². The minimum Gasteiger partial charge on any atom is -0.481 e. The number of carboxylic acid groups (broad SMARTS) is 1. The lowest BCUT2D eigenvalue weighted by Crippen LogP contribution is -2.45. The van der Waals surface area contributed by atoms with Crippen LogP contribution in [0.25, 0.3) is 0 Å². The predicted molar refractivity (Wildman–Crippen MR) is 60.4 cm³/mol. The number of piperidine rings is 1. The molecule has 0 saturated carbocycles. The van der Waals surface area contributed by atoms with Crippen molar-refractivity contribution in [2.45, 2.75) is 38.1 Å². The Labute approximate surface area is 96.6 Å². The average molecular weight is 227 g/mol. The van der Waals surface area contributed by atoms with Crippen LogP contribution < -0.4 is 0 Å². The zero-order valence-electron chi connectivity index (χ0n) is 9.73. The van der Waals surface area contributed by atoms with Crippen molar-refractivity contribution in [3.05, 3.63) is 0 Å². The van der Waals surface area contributed by atoms with Crippen molar-refractivity contribution in [2.75, 3.05) is 26.3 Å². The van der Waals surface area contributed by atoms with Crippen LogP contribution in [0.2, 0.25) is 0 Å². The van der Waals surface area contributed by atoms with Gasteiger partial charge in [0.2, 0.25) is 0 Å². The zero-order chi connectivity index (χ0) is 11.4. The van der Waals surface area contributed by atoms with Crippen LogP contribution in [0, 0.1) is 5.92 Å². The molecule has 1 N–H and O–H groups in total. The van der Waals surface area contributed by atoms with Crippen LogP contribution >= 0.6 is 0 Å². The van der Waals surface area contributed by atoms with Crippen LogP contribution in [0.15, 0.2) is 0 Å². The number of hydrogen-bond donors (Lipinski definition) is 1. The number of likely N-dealkylation sites (tertiary alicyclic amines) is 1. The molecule has 0 spiro atoms. The molecule has 0 bridgehead atoms. The summed E-state index contributed by atoms with van der Waals surface area (Å²) >= 11 is 0. The van der Waals surface area contributed by atoms with Gasteiger partial charge in [0.1, 0.15) is 0 Å². The lowest BCUT2D eigenvalue weighted by molar-refractivity contribution is -0.138. The van der Waals surface area contributed by atoms with E-state index in [-0.39, 0.29) is 0 Å². The fourth-order valence-electron chi connectivity index (χ4n) is 2.89. The van der Waals surface area contributed by atoms with Gasteiger partial charge in [-0.05, 0) is 38.1 Å². The fourth-order valence-corrected chi connectivity index (χ4v) is 2.89. The highest BCUT2D eigenvalue weighted by molar-refractivity contribution is 5.67. The van der Waals surface area contributed by atoms with E-state index >= 15 is 0 Å². The van der Waals surface area contributed by atoms with Crippen molar-refractivity contribution in [3.8, 4) is 0 Å². The summed E-state index contributed by atoms with van der Waals surface area (Å²) in [4.78, 5) is 13.2. The number of rotatable bonds is 3. The van der Waals surface area contributed by atoms with E-state index in [9.17, 15) is 4.79 Å². The molecule has 4 nitrogen and oxygen atoms in total. The quantitative estimate of drug-likeness (QED) is 0.790. The predicted octanol–water partition coefficient (Wildman–Crippen LogP) is 1.35. The van der Waals surface area contributed by atoms with Crippen molar-refractivity contribution in [2.24, 2.45) is 5.92 Å². The largest absolute Gasteiger partial charge is 0.481 e. The summed E-state index contributed by atoms with van der Waals surface area (Å²) in [7, 11) is 0. The Bertz CT molecular complexity index is 238. The Hall–Kier alpha value is -0.610. The Morgan fingerprint density at radius 2 is 2.06 bits per heavy atom. The second-order valence-corrected chi connectivity index (χ2v) is 4.94. The fraction of sp³-hybridized carbons (Fsp3) is 0.917. The number of carboxylic acids is 1. The molecule has 2 saturated heterocycles. The van der Waals surface area contributed by atoms with Crippen LogP contribution in [-0.2, 0) is 9.53 Å². The molecular formula is C12H21NO3. The van der Waals surface area contributed by atoms with E-state index in [1.807, 2.05) is 0 Å². The molecule has 0 aromatic rings. The molecule has 2 fully saturated rings. The summed E-state index contributed by atoms with van der Waals surface area (Å²) in [6.45, 7) is 3.84. The molecule has 2 aliphatic heterocycles. The van der Waals surface area contributed by atoms with Crippen molar-refractivity contribution >= 4 is 5.97 Å². The van der Waals surface area contributed by atoms with Gasteiger partial charge >= 0.3 is 5.97 Å². The van der Waals surface area contributed by atoms with Gasteiger partial charge in [0.05, 0.1) is 0 Å². The molecule has 0 aromatic heterocycles. The molecule has 2 rings (SSSR count). The lowest BCUT2D eigenvalue weighted by atomic mass is 9.92. The minimum absolute atomic E-state index is 0.333. The first-order valence-electron chi connectivity index (χ1n) is 6.29. The molecule has 1 atom stereocenters. The van der Waals surface area contributed by atoms with Crippen LogP contribution in [-0.4, -0.2) is 48.3 Å². The van der Waals surface area contributed by atoms with E-state index in [2.05, 4.69) is 4.90 Å². The Morgan fingerprint density at radius 1 is 1.31 bits per heavy atom. The van der Waals surface area contributed by atoms with Gasteiger partial charge in [-0.3, -0.25) is 9.69 Å². The van der Waals surface area contributed by atoms with E-state index in [0.717, 1.165) is 52.0 Å². The molecule has 0 aliphatic carbocycles. The summed E-state index contributed by atoms with van der Waals surface area (Å²) in [5, 5.41) is 8.82. The van der Waals surface area contributed by atoms with Crippen molar-refractivity contribution < 1.29 is 14.6 Å². The molecule has 92 valence electrons. The molecular weight excluding hydrogens is 206 g/mol. The normalized spacial score (nSPS) is 29.1. The summed E-state index contributed by atoms with van der Waals surface area (Å²) in [6.07, 6.45) is 4.78. The van der Waals surface area contributed by atoms with Gasteiger partial charge in [-0.25, -0.2) is 0 Å². The van der Waals surface area contributed by atoms with Crippen LogP contribution in [0.3, 0.4) is 0 Å². The number of hydrogen-bond acceptors (Lipinski definition) is 3. The number of carbonyl (C=O) groups is 1. The van der Waals surface area contributed by atoms with Gasteiger partial charge in [0.25, 0.3) is 0 Å². The first-order valence-corrected chi connectivity index (χ1v) is 6.29. The van der Waals surface area contributed by atoms with Crippen LogP contribution in [0.1, 0.15) is 32.1 Å². The molecule has 4 heteroatoms. The topological polar surface area (TPSA) is 49.8 Å². The van der Waals surface area contributed by atoms with Crippen molar-refractivity contribution in [1.82, 2.24) is 4.90 Å². The lowest BCUT2D eigenvalue weighted by Gasteiger charge is -2.39. The van der Waals surface area contributed by atoms with E-state index in [1.54, 1.807) is 0 Å². The molecule has 16 heavy (non-hydrogen) atoms. The smallest absolute Gasteiger partial charge is 0.303 e. The summed E-state index contributed by atoms with van der Waals surface area (Å²) in [6, 6.07) is 0.630. The third kappa shape index (κ3) is 3.19. The number of aliphatic carboxylic acids is 1. The van der Waals surface area contributed by atoms with Gasteiger partial charge in [-0.2, -0.15) is 0 Å². The first kappa shape index (κ1) is 11.9. The Balaban J connectivity index is 1.83. The zero-order valence-corrected chi connectivity index (χ0v) is 9.73. The molecule has 0 aromatic carbocycles. The molecule has 2 heterocycles.